The first-order valence-electron chi connectivity index (χ1n) is 7.97. The number of carbonyl (C=O) groups excluding carboxylic acids is 1. The number of para-hydroxylation sites is 1. The van der Waals surface area contributed by atoms with Crippen molar-refractivity contribution >= 4 is 22.4 Å². The zero-order valence-corrected chi connectivity index (χ0v) is 13.6. The van der Waals surface area contributed by atoms with E-state index in [1.54, 1.807) is 11.8 Å². The summed E-state index contributed by atoms with van der Waals surface area (Å²) < 4.78 is 6.65. The van der Waals surface area contributed by atoms with Gasteiger partial charge in [0.2, 0.25) is 0 Å². The van der Waals surface area contributed by atoms with Crippen LogP contribution >= 0.6 is 0 Å². The predicted octanol–water partition coefficient (Wildman–Crippen LogP) is 3.75. The van der Waals surface area contributed by atoms with Crippen molar-refractivity contribution in [3.05, 3.63) is 47.3 Å². The summed E-state index contributed by atoms with van der Waals surface area (Å²) in [6.07, 6.45) is 5.55. The van der Waals surface area contributed by atoms with Gasteiger partial charge in [0.25, 0.3) is 0 Å². The van der Waals surface area contributed by atoms with Crippen LogP contribution in [0.5, 0.6) is 0 Å². The molecule has 0 saturated heterocycles. The van der Waals surface area contributed by atoms with Gasteiger partial charge >= 0.3 is 5.97 Å². The lowest BCUT2D eigenvalue weighted by Crippen LogP contribution is -2.13. The molecule has 4 heteroatoms. The van der Waals surface area contributed by atoms with Crippen LogP contribution in [-0.4, -0.2) is 24.9 Å². The predicted molar refractivity (Wildman–Crippen MR) is 90.0 cm³/mol. The number of nitrogens with zero attached hydrogens (tertiary/aromatic N) is 1. The molecule has 0 unspecified atom stereocenters. The van der Waals surface area contributed by atoms with E-state index in [1.165, 1.54) is 19.1 Å². The second-order valence-corrected chi connectivity index (χ2v) is 5.72. The summed E-state index contributed by atoms with van der Waals surface area (Å²) in [4.78, 5) is 17.8. The van der Waals surface area contributed by atoms with Gasteiger partial charge in [-0.1, -0.05) is 24.6 Å². The molecule has 0 amide bonds. The molecule has 1 aromatic carbocycles. The third-order valence-electron chi connectivity index (χ3n) is 4.25. The Balaban J connectivity index is 2.21. The first-order valence-corrected chi connectivity index (χ1v) is 7.97. The van der Waals surface area contributed by atoms with Crippen molar-refractivity contribution in [1.29, 1.82) is 0 Å². The third-order valence-corrected chi connectivity index (χ3v) is 4.25. The molecule has 0 spiro atoms. The van der Waals surface area contributed by atoms with Crippen molar-refractivity contribution in [2.24, 2.45) is 0 Å². The van der Waals surface area contributed by atoms with Gasteiger partial charge in [0.1, 0.15) is 18.4 Å². The van der Waals surface area contributed by atoms with Gasteiger partial charge in [0.15, 0.2) is 0 Å². The Morgan fingerprint density at radius 2 is 1.87 bits per heavy atom. The molecule has 1 heterocycles. The fourth-order valence-corrected chi connectivity index (χ4v) is 3.10. The molecule has 0 atom stereocenters. The van der Waals surface area contributed by atoms with E-state index in [0.29, 0.717) is 11.3 Å². The first kappa shape index (κ1) is 15.4. The van der Waals surface area contributed by atoms with Gasteiger partial charge in [0.05, 0.1) is 12.6 Å². The van der Waals surface area contributed by atoms with Crippen molar-refractivity contribution in [3.63, 3.8) is 0 Å². The molecule has 1 aromatic heterocycles. The first-order chi connectivity index (χ1) is 11.2. The van der Waals surface area contributed by atoms with Crippen molar-refractivity contribution in [1.82, 2.24) is 4.73 Å². The van der Waals surface area contributed by atoms with Crippen LogP contribution in [-0.2, 0) is 9.53 Å². The van der Waals surface area contributed by atoms with Crippen LogP contribution < -0.4 is 4.84 Å². The summed E-state index contributed by atoms with van der Waals surface area (Å²) in [5.74, 6) is -0.385. The van der Waals surface area contributed by atoms with Crippen molar-refractivity contribution in [2.45, 2.75) is 32.1 Å². The molecule has 1 aliphatic rings. The highest BCUT2D eigenvalue weighted by atomic mass is 16.6. The lowest BCUT2D eigenvalue weighted by atomic mass is 9.95. The number of rotatable bonds is 3. The number of carbonyl (C=O) groups is 1. The Kier molecular flexibility index (Phi) is 4.54. The number of esters is 1. The molecule has 0 N–H and O–H groups in total. The Morgan fingerprint density at radius 3 is 2.57 bits per heavy atom. The molecule has 23 heavy (non-hydrogen) atoms. The number of ether oxygens (including phenoxy) is 1. The second-order valence-electron chi connectivity index (χ2n) is 5.72. The third kappa shape index (κ3) is 3.03. The van der Waals surface area contributed by atoms with E-state index in [4.69, 9.17) is 9.57 Å². The summed E-state index contributed by atoms with van der Waals surface area (Å²) in [7, 11) is 2.99. The summed E-state index contributed by atoms with van der Waals surface area (Å²) in [6.45, 7) is 0. The van der Waals surface area contributed by atoms with Crippen LogP contribution in [0.4, 0.5) is 0 Å². The van der Waals surface area contributed by atoms with E-state index in [-0.39, 0.29) is 5.97 Å². The standard InChI is InChI=1S/C19H21NO3/c1-22-19(21)16(12-14-8-4-3-5-9-14)18-13-15-10-6-7-11-17(15)20(18)23-2/h6-7,10-11,13H,3-5,8-9H2,1-2H3. The van der Waals surface area contributed by atoms with E-state index in [9.17, 15) is 4.79 Å². The molecule has 0 aliphatic heterocycles. The summed E-state index contributed by atoms with van der Waals surface area (Å²) >= 11 is 0. The van der Waals surface area contributed by atoms with Gasteiger partial charge in [-0.15, -0.1) is 5.73 Å². The Bertz CT molecular complexity index is 786. The molecule has 1 fully saturated rings. The largest absolute Gasteiger partial charge is 0.465 e. The van der Waals surface area contributed by atoms with Crippen LogP contribution in [0.25, 0.3) is 16.5 Å². The van der Waals surface area contributed by atoms with Gasteiger partial charge in [-0.2, -0.15) is 4.73 Å². The maximum atomic E-state index is 12.3. The number of methoxy groups -OCH3 is 1. The molecule has 4 nitrogen and oxygen atoms in total. The number of aromatic nitrogens is 1. The summed E-state index contributed by atoms with van der Waals surface area (Å²) in [5.41, 5.74) is 6.53. The maximum Gasteiger partial charge on any atom is 0.348 e. The number of fused-ring (bicyclic) bond motifs is 1. The minimum Gasteiger partial charge on any atom is -0.465 e. The average Bonchev–Trinajstić information content (AvgIpc) is 2.98. The molecular weight excluding hydrogens is 290 g/mol. The van der Waals surface area contributed by atoms with E-state index >= 15 is 0 Å². The molecule has 3 rings (SSSR count). The number of hydrogen-bond donors (Lipinski definition) is 0. The van der Waals surface area contributed by atoms with Crippen molar-refractivity contribution < 1.29 is 14.4 Å². The zero-order valence-electron chi connectivity index (χ0n) is 13.6. The van der Waals surface area contributed by atoms with Gasteiger partial charge in [0, 0.05) is 5.39 Å². The Hall–Kier alpha value is -2.45. The SMILES string of the molecule is COC(=O)C(=C=C1CCCCC1)c1cc2ccccc2n1OC. The quantitative estimate of drug-likeness (QED) is 0.492. The van der Waals surface area contributed by atoms with Crippen LogP contribution in [0.15, 0.2) is 41.6 Å². The van der Waals surface area contributed by atoms with Crippen LogP contribution in [0.1, 0.15) is 37.8 Å². The van der Waals surface area contributed by atoms with Crippen molar-refractivity contribution in [2.75, 3.05) is 14.2 Å². The Morgan fingerprint density at radius 1 is 1.13 bits per heavy atom. The van der Waals surface area contributed by atoms with Gasteiger partial charge in [-0.05, 0) is 43.4 Å². The van der Waals surface area contributed by atoms with Gasteiger partial charge in [-0.3, -0.25) is 0 Å². The summed E-state index contributed by atoms with van der Waals surface area (Å²) in [6, 6.07) is 9.82. The maximum absolute atomic E-state index is 12.3. The highest BCUT2D eigenvalue weighted by molar-refractivity contribution is 6.16. The minimum atomic E-state index is -0.385. The van der Waals surface area contributed by atoms with Crippen LogP contribution in [0, 0.1) is 0 Å². The number of hydrogen-bond acceptors (Lipinski definition) is 3. The highest BCUT2D eigenvalue weighted by Crippen LogP contribution is 2.27. The average molecular weight is 311 g/mol. The zero-order chi connectivity index (χ0) is 16.2. The van der Waals surface area contributed by atoms with Crippen LogP contribution in [0.2, 0.25) is 0 Å². The van der Waals surface area contributed by atoms with E-state index < -0.39 is 0 Å². The number of benzene rings is 1. The molecular formula is C19H21NO3. The lowest BCUT2D eigenvalue weighted by molar-refractivity contribution is -0.133. The smallest absolute Gasteiger partial charge is 0.348 e. The highest BCUT2D eigenvalue weighted by Gasteiger charge is 2.20. The van der Waals surface area contributed by atoms with Crippen LogP contribution in [0.3, 0.4) is 0 Å². The second kappa shape index (κ2) is 6.76. The topological polar surface area (TPSA) is 40.5 Å². The normalized spacial score (nSPS) is 14.4. The van der Waals surface area contributed by atoms with Gasteiger partial charge < -0.3 is 9.57 Å². The van der Waals surface area contributed by atoms with E-state index in [0.717, 1.165) is 36.6 Å². The lowest BCUT2D eigenvalue weighted by Gasteiger charge is -2.12. The molecule has 120 valence electrons. The molecule has 2 aromatic rings. The molecule has 1 saturated carbocycles. The Labute approximate surface area is 136 Å². The fraction of sp³-hybridized carbons (Fsp3) is 0.368. The molecule has 1 aliphatic carbocycles. The summed E-state index contributed by atoms with van der Waals surface area (Å²) in [5, 5.41) is 1.01. The van der Waals surface area contributed by atoms with E-state index in [1.807, 2.05) is 30.3 Å². The molecule has 0 radical (unpaired) electrons. The monoisotopic (exact) mass is 311 g/mol. The molecule has 0 bridgehead atoms. The fourth-order valence-electron chi connectivity index (χ4n) is 3.10. The minimum absolute atomic E-state index is 0.385. The van der Waals surface area contributed by atoms with E-state index in [2.05, 4.69) is 5.73 Å². The van der Waals surface area contributed by atoms with Crippen molar-refractivity contribution in [3.8, 4) is 0 Å². The van der Waals surface area contributed by atoms with Gasteiger partial charge in [-0.25, -0.2) is 4.79 Å².